The number of benzene rings is 1. The zero-order valence-corrected chi connectivity index (χ0v) is 17.3. The van der Waals surface area contributed by atoms with Gasteiger partial charge in [0.05, 0.1) is 36.8 Å². The molecule has 0 bridgehead atoms. The number of nitrogens with zero attached hydrogens (tertiary/aromatic N) is 3. The SMILES string of the molecule is Cc1c([C@H](NC(=O)Nc2cnc(N3CC(C)(O)C3)nc2)C(F)(F)F)oc2c(F)cc(F)cc12. The fourth-order valence-electron chi connectivity index (χ4n) is 3.60. The Balaban J connectivity index is 1.52. The van der Waals surface area contributed by atoms with Crippen LogP contribution in [0.1, 0.15) is 24.3 Å². The number of fused-ring (bicyclic) bond motifs is 1. The molecule has 1 atom stereocenters. The van der Waals surface area contributed by atoms with Crippen LogP contribution in [0.3, 0.4) is 0 Å². The van der Waals surface area contributed by atoms with Crippen molar-refractivity contribution in [3.05, 3.63) is 47.5 Å². The summed E-state index contributed by atoms with van der Waals surface area (Å²) in [5, 5.41) is 13.5. The zero-order valence-electron chi connectivity index (χ0n) is 17.3. The van der Waals surface area contributed by atoms with Gasteiger partial charge in [-0.1, -0.05) is 0 Å². The average Bonchev–Trinajstić information content (AvgIpc) is 3.01. The Hall–Kier alpha value is -3.48. The van der Waals surface area contributed by atoms with Crippen LogP contribution in [-0.2, 0) is 0 Å². The van der Waals surface area contributed by atoms with Gasteiger partial charge in [0.2, 0.25) is 5.95 Å². The molecule has 1 fully saturated rings. The molecule has 0 saturated carbocycles. The van der Waals surface area contributed by atoms with Crippen LogP contribution in [-0.4, -0.2) is 46.0 Å². The Morgan fingerprint density at radius 3 is 2.45 bits per heavy atom. The van der Waals surface area contributed by atoms with Crippen LogP contribution in [0.25, 0.3) is 11.0 Å². The molecular formula is C20H18F5N5O3. The smallest absolute Gasteiger partial charge is 0.416 e. The van der Waals surface area contributed by atoms with E-state index in [4.69, 9.17) is 4.42 Å². The number of rotatable bonds is 4. The monoisotopic (exact) mass is 471 g/mol. The lowest BCUT2D eigenvalue weighted by atomic mass is 9.98. The predicted molar refractivity (Wildman–Crippen MR) is 107 cm³/mol. The number of aryl methyl sites for hydroxylation is 1. The van der Waals surface area contributed by atoms with Crippen molar-refractivity contribution in [2.45, 2.75) is 31.7 Å². The minimum atomic E-state index is -5.00. The summed E-state index contributed by atoms with van der Waals surface area (Å²) in [7, 11) is 0. The number of urea groups is 1. The van der Waals surface area contributed by atoms with Gasteiger partial charge in [-0.05, 0) is 19.9 Å². The molecule has 176 valence electrons. The number of halogens is 5. The Kier molecular flexibility index (Phi) is 5.39. The highest BCUT2D eigenvalue weighted by Crippen LogP contribution is 2.39. The summed E-state index contributed by atoms with van der Waals surface area (Å²) in [5.74, 6) is -2.62. The van der Waals surface area contributed by atoms with Crippen molar-refractivity contribution in [3.63, 3.8) is 0 Å². The molecule has 1 saturated heterocycles. The van der Waals surface area contributed by atoms with E-state index in [1.54, 1.807) is 17.1 Å². The Morgan fingerprint density at radius 2 is 1.88 bits per heavy atom. The van der Waals surface area contributed by atoms with Gasteiger partial charge in [-0.2, -0.15) is 13.2 Å². The van der Waals surface area contributed by atoms with E-state index in [1.807, 2.05) is 0 Å². The van der Waals surface area contributed by atoms with Gasteiger partial charge in [0.1, 0.15) is 11.6 Å². The molecule has 13 heteroatoms. The maximum atomic E-state index is 14.0. The van der Waals surface area contributed by atoms with Crippen LogP contribution in [0.15, 0.2) is 28.9 Å². The number of nitrogens with one attached hydrogen (secondary N) is 2. The van der Waals surface area contributed by atoms with Crippen molar-refractivity contribution < 1.29 is 36.3 Å². The number of aromatic nitrogens is 2. The minimum absolute atomic E-state index is 0.0129. The molecular weight excluding hydrogens is 453 g/mol. The molecule has 3 heterocycles. The zero-order chi connectivity index (χ0) is 24.1. The van der Waals surface area contributed by atoms with Crippen LogP contribution in [0.2, 0.25) is 0 Å². The number of amides is 2. The first kappa shape index (κ1) is 22.7. The normalized spacial score (nSPS) is 16.4. The van der Waals surface area contributed by atoms with Crippen LogP contribution in [0.5, 0.6) is 0 Å². The molecule has 4 rings (SSSR count). The molecule has 1 aliphatic heterocycles. The van der Waals surface area contributed by atoms with Gasteiger partial charge in [-0.3, -0.25) is 0 Å². The number of anilines is 2. The van der Waals surface area contributed by atoms with Crippen LogP contribution >= 0.6 is 0 Å². The summed E-state index contributed by atoms with van der Waals surface area (Å²) in [6, 6.07) is -2.53. The van der Waals surface area contributed by atoms with E-state index < -0.39 is 46.8 Å². The van der Waals surface area contributed by atoms with E-state index in [0.717, 1.165) is 6.07 Å². The second-order valence-corrected chi connectivity index (χ2v) is 8.05. The van der Waals surface area contributed by atoms with E-state index in [9.17, 15) is 31.9 Å². The van der Waals surface area contributed by atoms with E-state index in [-0.39, 0.29) is 22.6 Å². The second-order valence-electron chi connectivity index (χ2n) is 8.05. The largest absolute Gasteiger partial charge is 0.455 e. The van der Waals surface area contributed by atoms with Crippen LogP contribution < -0.4 is 15.5 Å². The summed E-state index contributed by atoms with van der Waals surface area (Å²) in [6.07, 6.45) is -2.61. The van der Waals surface area contributed by atoms with E-state index in [1.165, 1.54) is 19.3 Å². The van der Waals surface area contributed by atoms with Gasteiger partial charge in [0.25, 0.3) is 0 Å². The van der Waals surface area contributed by atoms with Gasteiger partial charge in [-0.15, -0.1) is 0 Å². The number of furan rings is 1. The van der Waals surface area contributed by atoms with Crippen molar-refractivity contribution in [3.8, 4) is 0 Å². The summed E-state index contributed by atoms with van der Waals surface area (Å²) in [4.78, 5) is 22.0. The molecule has 8 nitrogen and oxygen atoms in total. The molecule has 0 spiro atoms. The van der Waals surface area contributed by atoms with Crippen LogP contribution in [0, 0.1) is 18.6 Å². The number of hydrogen-bond acceptors (Lipinski definition) is 6. The minimum Gasteiger partial charge on any atom is -0.455 e. The molecule has 0 aliphatic carbocycles. The number of carbonyl (C=O) groups excluding carboxylic acids is 1. The van der Waals surface area contributed by atoms with Gasteiger partial charge < -0.3 is 25.1 Å². The second kappa shape index (κ2) is 7.83. The molecule has 2 amide bonds. The molecule has 3 aromatic rings. The fraction of sp³-hybridized carbons (Fsp3) is 0.350. The Labute approximate surface area is 183 Å². The maximum absolute atomic E-state index is 14.0. The summed E-state index contributed by atoms with van der Waals surface area (Å²) >= 11 is 0. The Morgan fingerprint density at radius 1 is 1.24 bits per heavy atom. The lowest BCUT2D eigenvalue weighted by Gasteiger charge is -2.44. The first-order valence-electron chi connectivity index (χ1n) is 9.66. The van der Waals surface area contributed by atoms with Crippen molar-refractivity contribution >= 4 is 28.6 Å². The Bertz CT molecular complexity index is 1200. The first-order valence-corrected chi connectivity index (χ1v) is 9.66. The molecule has 1 aliphatic rings. The highest BCUT2D eigenvalue weighted by molar-refractivity contribution is 5.89. The third-order valence-electron chi connectivity index (χ3n) is 5.10. The number of aliphatic hydroxyl groups is 1. The molecule has 3 N–H and O–H groups in total. The summed E-state index contributed by atoms with van der Waals surface area (Å²) in [5.41, 5.74) is -1.55. The van der Waals surface area contributed by atoms with Gasteiger partial charge in [0.15, 0.2) is 17.4 Å². The van der Waals surface area contributed by atoms with Crippen LogP contribution in [0.4, 0.5) is 38.4 Å². The fourth-order valence-corrected chi connectivity index (χ4v) is 3.60. The number of alkyl halides is 3. The van der Waals surface area contributed by atoms with E-state index in [2.05, 4.69) is 15.3 Å². The van der Waals surface area contributed by atoms with Crippen molar-refractivity contribution in [1.82, 2.24) is 15.3 Å². The molecule has 0 radical (unpaired) electrons. The highest BCUT2D eigenvalue weighted by Gasteiger charge is 2.45. The third-order valence-corrected chi connectivity index (χ3v) is 5.10. The number of hydrogen-bond donors (Lipinski definition) is 3. The lowest BCUT2D eigenvalue weighted by Crippen LogP contribution is -2.60. The van der Waals surface area contributed by atoms with E-state index >= 15 is 0 Å². The maximum Gasteiger partial charge on any atom is 0.416 e. The van der Waals surface area contributed by atoms with Crippen molar-refractivity contribution in [2.75, 3.05) is 23.3 Å². The average molecular weight is 471 g/mol. The van der Waals surface area contributed by atoms with Crippen molar-refractivity contribution in [2.24, 2.45) is 0 Å². The summed E-state index contributed by atoms with van der Waals surface area (Å²) < 4.78 is 73.7. The van der Waals surface area contributed by atoms with Gasteiger partial charge in [0, 0.05) is 17.0 Å². The summed E-state index contributed by atoms with van der Waals surface area (Å²) in [6.45, 7) is 3.48. The quantitative estimate of drug-likeness (QED) is 0.500. The molecule has 33 heavy (non-hydrogen) atoms. The lowest BCUT2D eigenvalue weighted by molar-refractivity contribution is -0.158. The number of β-amino-alcohol motifs (C(OH)–C–C–N with tert-alkyl or cyclic N) is 1. The standard InChI is InChI=1S/C20H18F5N5O3/c1-9-12-3-10(21)4-13(22)15(12)33-14(9)16(20(23,24)25)29-18(31)28-11-5-26-17(27-6-11)30-7-19(2,32)8-30/h3-6,16,32H,7-8H2,1-2H3,(H2,28,29,31)/t16-/m0/s1. The molecule has 0 unspecified atom stereocenters. The van der Waals surface area contributed by atoms with E-state index in [0.29, 0.717) is 19.2 Å². The van der Waals surface area contributed by atoms with Gasteiger partial charge >= 0.3 is 12.2 Å². The molecule has 2 aromatic heterocycles. The third kappa shape index (κ3) is 4.53. The highest BCUT2D eigenvalue weighted by atomic mass is 19.4. The topological polar surface area (TPSA) is 104 Å². The molecule has 1 aromatic carbocycles. The first-order chi connectivity index (χ1) is 15.3. The van der Waals surface area contributed by atoms with Crippen molar-refractivity contribution in [1.29, 1.82) is 0 Å². The van der Waals surface area contributed by atoms with Gasteiger partial charge in [-0.25, -0.2) is 23.5 Å². The predicted octanol–water partition coefficient (Wildman–Crippen LogP) is 3.81. The number of carbonyl (C=O) groups is 1.